The molecule has 0 aromatic carbocycles. The Hall–Kier alpha value is -1.93. The van der Waals surface area contributed by atoms with Gasteiger partial charge >= 0.3 is 0 Å². The maximum Gasteiger partial charge on any atom is 0.276 e. The van der Waals surface area contributed by atoms with E-state index in [1.165, 1.54) is 0 Å². The van der Waals surface area contributed by atoms with E-state index < -0.39 is 0 Å². The molecule has 156 valence electrons. The zero-order valence-corrected chi connectivity index (χ0v) is 16.9. The van der Waals surface area contributed by atoms with Gasteiger partial charge < -0.3 is 25.2 Å². The summed E-state index contributed by atoms with van der Waals surface area (Å²) in [6.45, 7) is 2.83. The number of carbonyl (C=O) groups is 2. The fourth-order valence-electron chi connectivity index (χ4n) is 3.85. The molecule has 2 aliphatic rings. The largest absolute Gasteiger partial charge is 0.383 e. The molecule has 0 spiro atoms. The minimum absolute atomic E-state index is 0.000896. The molecule has 1 aromatic heterocycles. The van der Waals surface area contributed by atoms with Crippen molar-refractivity contribution < 1.29 is 18.8 Å². The standard InChI is InChI=1S/C20H32N4O4/c1-13(21)11-19(25)22-15-5-7-16(8-6-15)24(9-10-27-2)20(26)17-12-18(28-23-17)14-3-4-14/h12-16H,3-11,21H2,1-2H3,(H,22,25). The molecule has 3 rings (SSSR count). The number of hydrogen-bond donors (Lipinski definition) is 2. The zero-order valence-electron chi connectivity index (χ0n) is 16.9. The van der Waals surface area contributed by atoms with Crippen molar-refractivity contribution in [2.45, 2.75) is 75.9 Å². The second-order valence-corrected chi connectivity index (χ2v) is 8.13. The second kappa shape index (κ2) is 9.52. The van der Waals surface area contributed by atoms with E-state index in [1.54, 1.807) is 13.2 Å². The van der Waals surface area contributed by atoms with E-state index in [0.29, 0.717) is 31.2 Å². The Morgan fingerprint density at radius 1 is 1.32 bits per heavy atom. The van der Waals surface area contributed by atoms with Gasteiger partial charge in [-0.15, -0.1) is 0 Å². The van der Waals surface area contributed by atoms with Crippen LogP contribution in [0.2, 0.25) is 0 Å². The molecule has 0 saturated heterocycles. The van der Waals surface area contributed by atoms with E-state index in [9.17, 15) is 9.59 Å². The predicted octanol–water partition coefficient (Wildman–Crippen LogP) is 1.81. The number of nitrogens with zero attached hydrogens (tertiary/aromatic N) is 2. The first kappa shape index (κ1) is 20.8. The summed E-state index contributed by atoms with van der Waals surface area (Å²) in [5.41, 5.74) is 6.07. The van der Waals surface area contributed by atoms with Crippen LogP contribution >= 0.6 is 0 Å². The van der Waals surface area contributed by atoms with E-state index in [2.05, 4.69) is 10.5 Å². The Morgan fingerprint density at radius 3 is 2.64 bits per heavy atom. The number of hydrogen-bond acceptors (Lipinski definition) is 6. The molecular formula is C20H32N4O4. The number of nitrogens with one attached hydrogen (secondary N) is 1. The van der Waals surface area contributed by atoms with Gasteiger partial charge in [0, 0.05) is 50.2 Å². The molecular weight excluding hydrogens is 360 g/mol. The first-order valence-corrected chi connectivity index (χ1v) is 10.3. The number of methoxy groups -OCH3 is 1. The lowest BCUT2D eigenvalue weighted by molar-refractivity contribution is -0.122. The minimum Gasteiger partial charge on any atom is -0.383 e. The molecule has 8 heteroatoms. The number of aromatic nitrogens is 1. The summed E-state index contributed by atoms with van der Waals surface area (Å²) in [5, 5.41) is 7.07. The maximum absolute atomic E-state index is 13.1. The van der Waals surface area contributed by atoms with Gasteiger partial charge in [-0.25, -0.2) is 0 Å². The lowest BCUT2D eigenvalue weighted by Gasteiger charge is -2.36. The SMILES string of the molecule is COCCN(C(=O)c1cc(C2CC2)on1)C1CCC(NC(=O)CC(C)N)CC1. The quantitative estimate of drug-likeness (QED) is 0.663. The highest BCUT2D eigenvalue weighted by Gasteiger charge is 2.33. The third kappa shape index (κ3) is 5.54. The maximum atomic E-state index is 13.1. The van der Waals surface area contributed by atoms with Gasteiger partial charge in [0.25, 0.3) is 5.91 Å². The van der Waals surface area contributed by atoms with E-state index in [4.69, 9.17) is 15.0 Å². The van der Waals surface area contributed by atoms with Crippen LogP contribution in [0.5, 0.6) is 0 Å². The Kier molecular flexibility index (Phi) is 7.07. The average Bonchev–Trinajstić information content (AvgIpc) is 3.39. The topological polar surface area (TPSA) is 111 Å². The van der Waals surface area contributed by atoms with Crippen LogP contribution in [-0.2, 0) is 9.53 Å². The van der Waals surface area contributed by atoms with E-state index in [1.807, 2.05) is 11.8 Å². The molecule has 1 unspecified atom stereocenters. The third-order valence-electron chi connectivity index (χ3n) is 5.53. The van der Waals surface area contributed by atoms with Crippen molar-refractivity contribution >= 4 is 11.8 Å². The lowest BCUT2D eigenvalue weighted by atomic mass is 9.89. The van der Waals surface area contributed by atoms with Gasteiger partial charge in [-0.05, 0) is 45.4 Å². The molecule has 28 heavy (non-hydrogen) atoms. The van der Waals surface area contributed by atoms with Gasteiger partial charge in [0.15, 0.2) is 5.69 Å². The van der Waals surface area contributed by atoms with E-state index in [0.717, 1.165) is 44.3 Å². The molecule has 0 radical (unpaired) electrons. The molecule has 2 saturated carbocycles. The summed E-state index contributed by atoms with van der Waals surface area (Å²) in [5.74, 6) is 1.14. The molecule has 8 nitrogen and oxygen atoms in total. The molecule has 1 aromatic rings. The average molecular weight is 393 g/mol. The van der Waals surface area contributed by atoms with Crippen molar-refractivity contribution in [3.05, 3.63) is 17.5 Å². The molecule has 2 aliphatic carbocycles. The Bertz CT molecular complexity index is 663. The number of nitrogens with two attached hydrogens (primary N) is 1. The Morgan fingerprint density at radius 2 is 2.04 bits per heavy atom. The molecule has 2 amide bonds. The highest BCUT2D eigenvalue weighted by molar-refractivity contribution is 5.92. The van der Waals surface area contributed by atoms with E-state index >= 15 is 0 Å². The summed E-state index contributed by atoms with van der Waals surface area (Å²) in [6.07, 6.45) is 5.92. The van der Waals surface area contributed by atoms with Crippen molar-refractivity contribution in [2.24, 2.45) is 5.73 Å². The zero-order chi connectivity index (χ0) is 20.1. The van der Waals surface area contributed by atoms with Crippen molar-refractivity contribution in [3.63, 3.8) is 0 Å². The Labute approximate surface area is 166 Å². The van der Waals surface area contributed by atoms with Crippen LogP contribution in [0.4, 0.5) is 0 Å². The summed E-state index contributed by atoms with van der Waals surface area (Å²) in [4.78, 5) is 26.9. The second-order valence-electron chi connectivity index (χ2n) is 8.13. The number of carbonyl (C=O) groups excluding carboxylic acids is 2. The van der Waals surface area contributed by atoms with Gasteiger partial charge in [-0.2, -0.15) is 0 Å². The van der Waals surface area contributed by atoms with Crippen molar-refractivity contribution in [1.29, 1.82) is 0 Å². The normalized spacial score (nSPS) is 23.2. The molecule has 1 heterocycles. The first-order chi connectivity index (χ1) is 13.5. The van der Waals surface area contributed by atoms with Gasteiger partial charge in [-0.3, -0.25) is 9.59 Å². The molecule has 2 fully saturated rings. The summed E-state index contributed by atoms with van der Waals surface area (Å²) in [7, 11) is 1.63. The van der Waals surface area contributed by atoms with Crippen molar-refractivity contribution in [3.8, 4) is 0 Å². The fraction of sp³-hybridized carbons (Fsp3) is 0.750. The number of amides is 2. The lowest BCUT2D eigenvalue weighted by Crippen LogP contribution is -2.47. The third-order valence-corrected chi connectivity index (χ3v) is 5.53. The van der Waals surface area contributed by atoms with Gasteiger partial charge in [-0.1, -0.05) is 5.16 Å². The van der Waals surface area contributed by atoms with Crippen LogP contribution < -0.4 is 11.1 Å². The van der Waals surface area contributed by atoms with Gasteiger partial charge in [0.1, 0.15) is 5.76 Å². The monoisotopic (exact) mass is 392 g/mol. The van der Waals surface area contributed by atoms with Gasteiger partial charge in [0.2, 0.25) is 5.91 Å². The summed E-state index contributed by atoms with van der Waals surface area (Å²) >= 11 is 0. The summed E-state index contributed by atoms with van der Waals surface area (Å²) < 4.78 is 10.6. The van der Waals surface area contributed by atoms with Crippen LogP contribution in [0.25, 0.3) is 0 Å². The fourth-order valence-corrected chi connectivity index (χ4v) is 3.85. The van der Waals surface area contributed by atoms with Crippen LogP contribution in [0.3, 0.4) is 0 Å². The Balaban J connectivity index is 1.57. The predicted molar refractivity (Wildman–Crippen MR) is 104 cm³/mol. The van der Waals surface area contributed by atoms with Crippen LogP contribution in [0.15, 0.2) is 10.6 Å². The van der Waals surface area contributed by atoms with Crippen LogP contribution in [0.1, 0.15) is 74.0 Å². The highest BCUT2D eigenvalue weighted by Crippen LogP contribution is 2.40. The van der Waals surface area contributed by atoms with Crippen molar-refractivity contribution in [2.75, 3.05) is 20.3 Å². The van der Waals surface area contributed by atoms with Crippen LogP contribution in [-0.4, -0.2) is 60.3 Å². The van der Waals surface area contributed by atoms with E-state index in [-0.39, 0.29) is 29.9 Å². The smallest absolute Gasteiger partial charge is 0.276 e. The molecule has 0 bridgehead atoms. The van der Waals surface area contributed by atoms with Crippen molar-refractivity contribution in [1.82, 2.24) is 15.4 Å². The molecule has 3 N–H and O–H groups in total. The first-order valence-electron chi connectivity index (χ1n) is 10.3. The summed E-state index contributed by atoms with van der Waals surface area (Å²) in [6, 6.07) is 1.92. The van der Waals surface area contributed by atoms with Crippen LogP contribution in [0, 0.1) is 0 Å². The highest BCUT2D eigenvalue weighted by atomic mass is 16.5. The number of rotatable bonds is 9. The molecule has 1 atom stereocenters. The molecule has 0 aliphatic heterocycles. The minimum atomic E-state index is -0.138. The van der Waals surface area contributed by atoms with Gasteiger partial charge in [0.05, 0.1) is 6.61 Å². The number of ether oxygens (including phenoxy) is 1.